The summed E-state index contributed by atoms with van der Waals surface area (Å²) in [5.74, 6) is 0. The lowest BCUT2D eigenvalue weighted by Gasteiger charge is -2.17. The van der Waals surface area contributed by atoms with Gasteiger partial charge in [-0.2, -0.15) is 0 Å². The Morgan fingerprint density at radius 3 is 1.46 bits per heavy atom. The molecule has 8 heteroatoms. The van der Waals surface area contributed by atoms with Crippen molar-refractivity contribution >= 4 is 0 Å². The molecule has 0 bridgehead atoms. The van der Waals surface area contributed by atoms with Crippen molar-refractivity contribution in [3.63, 3.8) is 0 Å². The molecule has 0 spiro atoms. The molecule has 0 aliphatic rings. The van der Waals surface area contributed by atoms with E-state index in [9.17, 15) is 0 Å². The maximum atomic E-state index is 8.17. The quantitative estimate of drug-likeness (QED) is 0.272. The van der Waals surface area contributed by atoms with Gasteiger partial charge in [0, 0.05) is 7.11 Å². The first kappa shape index (κ1) is 43.8. The van der Waals surface area contributed by atoms with Crippen LogP contribution in [0.4, 0.5) is 0 Å². The Balaban J connectivity index is -0.0000000963. The van der Waals surface area contributed by atoms with Crippen LogP contribution < -0.4 is 0 Å². The van der Waals surface area contributed by atoms with Crippen molar-refractivity contribution < 1.29 is 39.2 Å². The third-order valence-electron chi connectivity index (χ3n) is 1.89. The molecule has 0 aliphatic carbocycles. The van der Waals surface area contributed by atoms with Gasteiger partial charge in [-0.05, 0) is 0 Å². The van der Waals surface area contributed by atoms with Crippen molar-refractivity contribution in [1.29, 1.82) is 0 Å². The first-order chi connectivity index (χ1) is 8.85. The summed E-state index contributed by atoms with van der Waals surface area (Å²) in [5, 5.41) is 16.3. The molecule has 0 heterocycles. The monoisotopic (exact) mass is 366 g/mol. The second-order valence-electron chi connectivity index (χ2n) is 3.30. The SMILES string of the molecule is C.C.C.C.C.C.COCCOCC(COCCOO)OCCOO. The molecule has 24 heavy (non-hydrogen) atoms. The molecule has 1 unspecified atom stereocenters. The summed E-state index contributed by atoms with van der Waals surface area (Å²) in [6.45, 7) is 2.26. The molecule has 0 aromatic rings. The van der Waals surface area contributed by atoms with Crippen LogP contribution in [0.1, 0.15) is 44.6 Å². The van der Waals surface area contributed by atoms with Gasteiger partial charge >= 0.3 is 0 Å². The Morgan fingerprint density at radius 1 is 0.625 bits per heavy atom. The highest BCUT2D eigenvalue weighted by molar-refractivity contribution is 4.55. The minimum atomic E-state index is -0.282. The first-order valence-electron chi connectivity index (χ1n) is 5.63. The Kier molecular flexibility index (Phi) is 69.9. The van der Waals surface area contributed by atoms with Crippen LogP contribution in [0.5, 0.6) is 0 Å². The van der Waals surface area contributed by atoms with E-state index in [0.717, 1.165) is 0 Å². The summed E-state index contributed by atoms with van der Waals surface area (Å²) < 4.78 is 20.7. The summed E-state index contributed by atoms with van der Waals surface area (Å²) >= 11 is 0. The zero-order valence-corrected chi connectivity index (χ0v) is 10.6. The van der Waals surface area contributed by atoms with E-state index in [4.69, 9.17) is 29.5 Å². The van der Waals surface area contributed by atoms with Crippen LogP contribution in [0, 0.1) is 0 Å². The summed E-state index contributed by atoms with van der Waals surface area (Å²) in [6.07, 6.45) is -0.282. The molecular formula is C16H46O8. The minimum Gasteiger partial charge on any atom is -0.382 e. The summed E-state index contributed by atoms with van der Waals surface area (Å²) in [5.41, 5.74) is 0. The highest BCUT2D eigenvalue weighted by atomic mass is 17.1. The lowest BCUT2D eigenvalue weighted by Crippen LogP contribution is -2.28. The molecule has 0 saturated heterocycles. The van der Waals surface area contributed by atoms with Crippen molar-refractivity contribution in [2.45, 2.75) is 50.7 Å². The Morgan fingerprint density at radius 2 is 1.04 bits per heavy atom. The summed E-state index contributed by atoms with van der Waals surface area (Å²) in [4.78, 5) is 7.77. The normalized spacial score (nSPS) is 9.62. The van der Waals surface area contributed by atoms with Gasteiger partial charge in [0.05, 0.1) is 39.6 Å². The smallest absolute Gasteiger partial charge is 0.105 e. The molecule has 2 N–H and O–H groups in total. The molecule has 0 rings (SSSR count). The molecule has 1 atom stereocenters. The van der Waals surface area contributed by atoms with Gasteiger partial charge in [0.1, 0.15) is 19.3 Å². The van der Waals surface area contributed by atoms with E-state index < -0.39 is 0 Å². The number of ether oxygens (including phenoxy) is 4. The summed E-state index contributed by atoms with van der Waals surface area (Å²) in [6, 6.07) is 0. The van der Waals surface area contributed by atoms with Gasteiger partial charge in [-0.1, -0.05) is 44.6 Å². The van der Waals surface area contributed by atoms with Crippen LogP contribution in [0.25, 0.3) is 0 Å². The lowest BCUT2D eigenvalue weighted by molar-refractivity contribution is -0.255. The highest BCUT2D eigenvalue weighted by Gasteiger charge is 2.10. The fourth-order valence-corrected chi connectivity index (χ4v) is 1.06. The fraction of sp³-hybridized carbons (Fsp3) is 1.00. The van der Waals surface area contributed by atoms with E-state index >= 15 is 0 Å². The molecule has 0 amide bonds. The number of methoxy groups -OCH3 is 1. The Bertz CT molecular complexity index is 149. The third kappa shape index (κ3) is 33.3. The van der Waals surface area contributed by atoms with Gasteiger partial charge in [-0.25, -0.2) is 9.78 Å². The van der Waals surface area contributed by atoms with E-state index in [2.05, 4.69) is 9.78 Å². The molecule has 0 radical (unpaired) electrons. The number of hydrogen-bond acceptors (Lipinski definition) is 8. The van der Waals surface area contributed by atoms with Crippen molar-refractivity contribution in [2.24, 2.45) is 0 Å². The molecular weight excluding hydrogens is 320 g/mol. The number of hydrogen-bond donors (Lipinski definition) is 2. The van der Waals surface area contributed by atoms with Crippen LogP contribution in [-0.2, 0) is 28.7 Å². The average molecular weight is 367 g/mol. The molecule has 0 aromatic carbocycles. The van der Waals surface area contributed by atoms with Gasteiger partial charge in [0.25, 0.3) is 0 Å². The van der Waals surface area contributed by atoms with E-state index in [1.54, 1.807) is 7.11 Å². The van der Waals surface area contributed by atoms with Crippen molar-refractivity contribution in [1.82, 2.24) is 0 Å². The van der Waals surface area contributed by atoms with Crippen LogP contribution in [0.15, 0.2) is 0 Å². The van der Waals surface area contributed by atoms with Crippen molar-refractivity contribution in [3.05, 3.63) is 0 Å². The largest absolute Gasteiger partial charge is 0.382 e. The van der Waals surface area contributed by atoms with E-state index in [0.29, 0.717) is 26.4 Å². The van der Waals surface area contributed by atoms with E-state index in [-0.39, 0.29) is 77.1 Å². The molecule has 0 aromatic heterocycles. The zero-order chi connectivity index (χ0) is 13.5. The standard InChI is InChI=1S/C10H22O8.6CH4/c1-13-2-3-14-8-10(16-5-7-18-12)9-15-4-6-17-11;;;;;;/h10-12H,2-9H2,1H3;6*1H4. The second kappa shape index (κ2) is 38.3. The fourth-order valence-electron chi connectivity index (χ4n) is 1.06. The first-order valence-corrected chi connectivity index (χ1v) is 5.63. The number of rotatable bonds is 14. The summed E-state index contributed by atoms with van der Waals surface area (Å²) in [7, 11) is 1.59. The van der Waals surface area contributed by atoms with E-state index in [1.807, 2.05) is 0 Å². The third-order valence-corrected chi connectivity index (χ3v) is 1.89. The van der Waals surface area contributed by atoms with Gasteiger partial charge in [-0.15, -0.1) is 0 Å². The van der Waals surface area contributed by atoms with Crippen LogP contribution >= 0.6 is 0 Å². The molecule has 0 saturated carbocycles. The Labute approximate surface area is 150 Å². The predicted molar refractivity (Wildman–Crippen MR) is 101 cm³/mol. The average Bonchev–Trinajstić information content (AvgIpc) is 2.39. The predicted octanol–water partition coefficient (Wildman–Crippen LogP) is 3.85. The van der Waals surface area contributed by atoms with Crippen molar-refractivity contribution in [3.8, 4) is 0 Å². The topological polar surface area (TPSA) is 95.8 Å². The second-order valence-corrected chi connectivity index (χ2v) is 3.30. The zero-order valence-electron chi connectivity index (χ0n) is 10.6. The molecule has 8 nitrogen and oxygen atoms in total. The van der Waals surface area contributed by atoms with Crippen LogP contribution in [0.2, 0.25) is 0 Å². The van der Waals surface area contributed by atoms with Gasteiger partial charge in [-0.3, -0.25) is 10.5 Å². The van der Waals surface area contributed by atoms with Crippen LogP contribution in [-0.4, -0.2) is 76.6 Å². The Hall–Kier alpha value is -0.320. The van der Waals surface area contributed by atoms with E-state index in [1.165, 1.54) is 0 Å². The lowest BCUT2D eigenvalue weighted by atomic mass is 10.4. The minimum absolute atomic E-state index is 0. The van der Waals surface area contributed by atoms with Gasteiger partial charge in [0.15, 0.2) is 0 Å². The highest BCUT2D eigenvalue weighted by Crippen LogP contribution is 1.96. The maximum absolute atomic E-state index is 8.17. The van der Waals surface area contributed by atoms with Gasteiger partial charge in [0.2, 0.25) is 0 Å². The van der Waals surface area contributed by atoms with Gasteiger partial charge < -0.3 is 18.9 Å². The maximum Gasteiger partial charge on any atom is 0.105 e. The molecule has 0 fully saturated rings. The molecule has 0 aliphatic heterocycles. The van der Waals surface area contributed by atoms with Crippen LogP contribution in [0.3, 0.4) is 0 Å². The van der Waals surface area contributed by atoms with Crippen molar-refractivity contribution in [2.75, 3.05) is 60.0 Å². The molecule has 158 valence electrons.